The predicted molar refractivity (Wildman–Crippen MR) is 111 cm³/mol. The molecule has 27 heavy (non-hydrogen) atoms. The number of hydrogen-bond donors (Lipinski definition) is 1. The molecule has 0 saturated carbocycles. The average Bonchev–Trinajstić information content (AvgIpc) is 2.72. The van der Waals surface area contributed by atoms with Crippen LogP contribution in [-0.4, -0.2) is 42.9 Å². The van der Waals surface area contributed by atoms with E-state index < -0.39 is 0 Å². The Hall–Kier alpha value is -2.08. The Morgan fingerprint density at radius 1 is 1.15 bits per heavy atom. The summed E-state index contributed by atoms with van der Waals surface area (Å²) in [7, 11) is 0. The number of nitrogens with one attached hydrogen (secondary N) is 1. The van der Waals surface area contributed by atoms with Gasteiger partial charge in [-0.1, -0.05) is 42.5 Å². The van der Waals surface area contributed by atoms with Crippen LogP contribution in [0.2, 0.25) is 0 Å². The van der Waals surface area contributed by atoms with Gasteiger partial charge in [0.2, 0.25) is 0 Å². The van der Waals surface area contributed by atoms with Crippen molar-refractivity contribution in [1.29, 1.82) is 0 Å². The first-order valence-corrected chi connectivity index (χ1v) is 10.2. The SMILES string of the molecule is C=CCSc1ccccc1C(=O)NCc1cccc(CN2CCOCC2)c1. The molecule has 1 fully saturated rings. The maximum Gasteiger partial charge on any atom is 0.252 e. The number of amides is 1. The molecule has 5 heteroatoms. The first kappa shape index (κ1) is 19.7. The number of hydrogen-bond acceptors (Lipinski definition) is 4. The zero-order valence-electron chi connectivity index (χ0n) is 15.5. The molecular formula is C22H26N2O2S. The van der Waals surface area contributed by atoms with E-state index in [1.165, 1.54) is 5.56 Å². The van der Waals surface area contributed by atoms with Gasteiger partial charge in [0, 0.05) is 36.8 Å². The van der Waals surface area contributed by atoms with Crippen LogP contribution in [0.25, 0.3) is 0 Å². The third-order valence-electron chi connectivity index (χ3n) is 4.44. The second-order valence-corrected chi connectivity index (χ2v) is 7.55. The summed E-state index contributed by atoms with van der Waals surface area (Å²) in [5.41, 5.74) is 3.10. The molecule has 1 N–H and O–H groups in total. The number of morpholine rings is 1. The van der Waals surface area contributed by atoms with Crippen molar-refractivity contribution in [2.75, 3.05) is 32.1 Å². The van der Waals surface area contributed by atoms with E-state index in [0.29, 0.717) is 12.1 Å². The maximum atomic E-state index is 12.6. The van der Waals surface area contributed by atoms with Gasteiger partial charge in [-0.05, 0) is 23.3 Å². The molecule has 4 nitrogen and oxygen atoms in total. The zero-order valence-corrected chi connectivity index (χ0v) is 16.3. The van der Waals surface area contributed by atoms with Crippen molar-refractivity contribution in [3.63, 3.8) is 0 Å². The predicted octanol–water partition coefficient (Wildman–Crippen LogP) is 3.73. The highest BCUT2D eigenvalue weighted by Gasteiger charge is 2.12. The summed E-state index contributed by atoms with van der Waals surface area (Å²) in [5, 5.41) is 3.05. The van der Waals surface area contributed by atoms with Crippen molar-refractivity contribution in [2.45, 2.75) is 18.0 Å². The van der Waals surface area contributed by atoms with Crippen molar-refractivity contribution in [3.05, 3.63) is 77.9 Å². The van der Waals surface area contributed by atoms with E-state index in [2.05, 4.69) is 41.1 Å². The number of thioether (sulfide) groups is 1. The molecule has 0 bridgehead atoms. The van der Waals surface area contributed by atoms with Crippen molar-refractivity contribution in [2.24, 2.45) is 0 Å². The molecule has 0 aromatic heterocycles. The Balaban J connectivity index is 1.59. The topological polar surface area (TPSA) is 41.6 Å². The van der Waals surface area contributed by atoms with Crippen LogP contribution in [-0.2, 0) is 17.8 Å². The van der Waals surface area contributed by atoms with Crippen LogP contribution in [0, 0.1) is 0 Å². The fraction of sp³-hybridized carbons (Fsp3) is 0.318. The van der Waals surface area contributed by atoms with Crippen molar-refractivity contribution in [3.8, 4) is 0 Å². The van der Waals surface area contributed by atoms with Gasteiger partial charge in [-0.25, -0.2) is 0 Å². The van der Waals surface area contributed by atoms with Gasteiger partial charge in [0.1, 0.15) is 0 Å². The maximum absolute atomic E-state index is 12.6. The summed E-state index contributed by atoms with van der Waals surface area (Å²) in [6, 6.07) is 16.1. The Morgan fingerprint density at radius 3 is 2.74 bits per heavy atom. The molecule has 1 heterocycles. The Bertz CT molecular complexity index is 772. The van der Waals surface area contributed by atoms with E-state index in [-0.39, 0.29) is 5.91 Å². The largest absolute Gasteiger partial charge is 0.379 e. The van der Waals surface area contributed by atoms with Gasteiger partial charge in [0.15, 0.2) is 0 Å². The number of carbonyl (C=O) groups is 1. The molecule has 2 aromatic rings. The lowest BCUT2D eigenvalue weighted by Gasteiger charge is -2.26. The smallest absolute Gasteiger partial charge is 0.252 e. The molecule has 0 spiro atoms. The van der Waals surface area contributed by atoms with E-state index in [1.54, 1.807) is 11.8 Å². The van der Waals surface area contributed by atoms with Crippen molar-refractivity contribution in [1.82, 2.24) is 10.2 Å². The van der Waals surface area contributed by atoms with Crippen molar-refractivity contribution < 1.29 is 9.53 Å². The minimum atomic E-state index is -0.0410. The average molecular weight is 383 g/mol. The van der Waals surface area contributed by atoms with Crippen LogP contribution in [0.3, 0.4) is 0 Å². The van der Waals surface area contributed by atoms with Gasteiger partial charge in [-0.2, -0.15) is 0 Å². The number of benzene rings is 2. The first-order chi connectivity index (χ1) is 13.3. The van der Waals surface area contributed by atoms with E-state index in [9.17, 15) is 4.79 Å². The second-order valence-electron chi connectivity index (χ2n) is 6.49. The first-order valence-electron chi connectivity index (χ1n) is 9.25. The Morgan fingerprint density at radius 2 is 1.93 bits per heavy atom. The zero-order chi connectivity index (χ0) is 18.9. The summed E-state index contributed by atoms with van der Waals surface area (Å²) in [5.74, 6) is 0.745. The van der Waals surface area contributed by atoms with E-state index in [0.717, 1.165) is 49.1 Å². The van der Waals surface area contributed by atoms with Crippen molar-refractivity contribution >= 4 is 17.7 Å². The molecular weight excluding hydrogens is 356 g/mol. The number of ether oxygens (including phenoxy) is 1. The minimum Gasteiger partial charge on any atom is -0.379 e. The van der Waals surface area contributed by atoms with E-state index >= 15 is 0 Å². The molecule has 0 radical (unpaired) electrons. The van der Waals surface area contributed by atoms with E-state index in [4.69, 9.17) is 4.74 Å². The lowest BCUT2D eigenvalue weighted by atomic mass is 10.1. The quantitative estimate of drug-likeness (QED) is 0.558. The molecule has 1 amide bonds. The minimum absolute atomic E-state index is 0.0410. The Labute approximate surface area is 165 Å². The Kier molecular flexibility index (Phi) is 7.51. The van der Waals surface area contributed by atoms with Crippen LogP contribution < -0.4 is 5.32 Å². The fourth-order valence-electron chi connectivity index (χ4n) is 3.06. The normalized spacial score (nSPS) is 14.7. The molecule has 142 valence electrons. The summed E-state index contributed by atoms with van der Waals surface area (Å²) in [6.07, 6.45) is 1.85. The molecule has 0 atom stereocenters. The molecule has 0 aliphatic carbocycles. The summed E-state index contributed by atoms with van der Waals surface area (Å²) >= 11 is 1.62. The van der Waals surface area contributed by atoms with Crippen LogP contribution >= 0.6 is 11.8 Å². The van der Waals surface area contributed by atoms with Gasteiger partial charge in [0.05, 0.1) is 18.8 Å². The van der Waals surface area contributed by atoms with Crippen LogP contribution in [0.4, 0.5) is 0 Å². The van der Waals surface area contributed by atoms with Crippen LogP contribution in [0.15, 0.2) is 66.1 Å². The van der Waals surface area contributed by atoms with Crippen LogP contribution in [0.5, 0.6) is 0 Å². The lowest BCUT2D eigenvalue weighted by Crippen LogP contribution is -2.35. The summed E-state index contributed by atoms with van der Waals surface area (Å²) in [6.45, 7) is 8.75. The molecule has 2 aromatic carbocycles. The highest BCUT2D eigenvalue weighted by Crippen LogP contribution is 2.22. The van der Waals surface area contributed by atoms with E-state index in [1.807, 2.05) is 30.3 Å². The third-order valence-corrected chi connectivity index (χ3v) is 5.51. The molecule has 1 aliphatic rings. The van der Waals surface area contributed by atoms with Crippen LogP contribution in [0.1, 0.15) is 21.5 Å². The molecule has 3 rings (SSSR count). The number of carbonyl (C=O) groups excluding carboxylic acids is 1. The monoisotopic (exact) mass is 382 g/mol. The fourth-order valence-corrected chi connectivity index (χ4v) is 3.85. The van der Waals surface area contributed by atoms with Gasteiger partial charge < -0.3 is 10.1 Å². The third kappa shape index (κ3) is 5.96. The summed E-state index contributed by atoms with van der Waals surface area (Å²) in [4.78, 5) is 16.0. The van der Waals surface area contributed by atoms with Gasteiger partial charge >= 0.3 is 0 Å². The van der Waals surface area contributed by atoms with Gasteiger partial charge in [-0.15, -0.1) is 18.3 Å². The number of nitrogens with zero attached hydrogens (tertiary/aromatic N) is 1. The lowest BCUT2D eigenvalue weighted by molar-refractivity contribution is 0.0342. The highest BCUT2D eigenvalue weighted by molar-refractivity contribution is 7.99. The standard InChI is InChI=1S/C22H26N2O2S/c1-2-14-27-21-9-4-3-8-20(21)22(25)23-16-18-6-5-7-19(15-18)17-24-10-12-26-13-11-24/h2-9,15H,1,10-14,16-17H2,(H,23,25). The molecule has 0 unspecified atom stereocenters. The number of rotatable bonds is 8. The summed E-state index contributed by atoms with van der Waals surface area (Å²) < 4.78 is 5.41. The van der Waals surface area contributed by atoms with Gasteiger partial charge in [-0.3, -0.25) is 9.69 Å². The second kappa shape index (κ2) is 10.3. The molecule has 1 saturated heterocycles. The highest BCUT2D eigenvalue weighted by atomic mass is 32.2. The van der Waals surface area contributed by atoms with Gasteiger partial charge in [0.25, 0.3) is 5.91 Å². The molecule has 1 aliphatic heterocycles.